The molecule has 9 aromatic carbocycles. The summed E-state index contributed by atoms with van der Waals surface area (Å²) in [6.07, 6.45) is 0. The maximum atomic E-state index is 2.59. The second-order valence-electron chi connectivity index (χ2n) is 15.2. The molecule has 0 amide bonds. The molecular weight excluding hydrogens is 751 g/mol. The van der Waals surface area contributed by atoms with Gasteiger partial charge in [-0.25, -0.2) is 0 Å². The third-order valence-corrected chi connectivity index (χ3v) is 22.4. The van der Waals surface area contributed by atoms with E-state index in [1.165, 1.54) is 63.7 Å². The summed E-state index contributed by atoms with van der Waals surface area (Å²) < 4.78 is 0. The van der Waals surface area contributed by atoms with Gasteiger partial charge in [0.25, 0.3) is 0 Å². The van der Waals surface area contributed by atoms with Crippen LogP contribution in [0.2, 0.25) is 0 Å². The number of para-hydroxylation sites is 1. The Morgan fingerprint density at radius 2 is 0.828 bits per heavy atom. The van der Waals surface area contributed by atoms with Crippen LogP contribution in [0, 0.1) is 0 Å². The number of hydrogen-bond donors (Lipinski definition) is 0. The lowest BCUT2D eigenvalue weighted by molar-refractivity contribution is 1.29. The van der Waals surface area contributed by atoms with E-state index in [1.807, 2.05) is 11.8 Å². The first kappa shape index (κ1) is 34.8. The molecule has 0 aromatic heterocycles. The van der Waals surface area contributed by atoms with Crippen molar-refractivity contribution in [3.8, 4) is 22.3 Å². The van der Waals surface area contributed by atoms with Crippen molar-refractivity contribution in [2.45, 2.75) is 9.79 Å². The summed E-state index contributed by atoms with van der Waals surface area (Å²) in [6, 6.07) is 86.6. The lowest BCUT2D eigenvalue weighted by Gasteiger charge is -2.46. The molecule has 1 nitrogen and oxygen atoms in total. The fourth-order valence-electron chi connectivity index (χ4n) is 9.67. The zero-order chi connectivity index (χ0) is 38.5. The minimum Gasteiger partial charge on any atom is -0.310 e. The van der Waals surface area contributed by atoms with Gasteiger partial charge in [-0.3, -0.25) is 0 Å². The maximum Gasteiger partial charge on any atom is 0.181 e. The topological polar surface area (TPSA) is 3.24 Å². The van der Waals surface area contributed by atoms with Gasteiger partial charge in [-0.05, 0) is 91.5 Å². The van der Waals surface area contributed by atoms with Crippen LogP contribution in [0.4, 0.5) is 17.1 Å². The Bertz CT molecular complexity index is 2890. The van der Waals surface area contributed by atoms with Crippen LogP contribution in [-0.2, 0) is 0 Å². The molecule has 0 aliphatic carbocycles. The number of rotatable bonds is 6. The molecule has 4 heteroatoms. The predicted octanol–water partition coefficient (Wildman–Crippen LogP) is 8.89. The van der Waals surface area contributed by atoms with Crippen molar-refractivity contribution in [1.29, 1.82) is 0 Å². The first-order valence-electron chi connectivity index (χ1n) is 20.0. The van der Waals surface area contributed by atoms with Gasteiger partial charge in [0.1, 0.15) is 8.80 Å². The highest BCUT2D eigenvalue weighted by Gasteiger charge is 2.52. The standard InChI is InChI=1S/C54H39NSSi2/c1-5-19-39(20-6-1)45-35-33-42(37-46(45)40-21-7-2-8-22-40)55(41-23-9-3-10-24-41)43-34-36-54-50(38-43)57(44-25-11-4-12-26-44)49-29-15-18-32-53(49)58(54)51-30-16-13-27-47(51)56-48-28-14-17-31-52(48)58/h1-38,57H. The molecule has 1 unspecified atom stereocenters. The van der Waals surface area contributed by atoms with Crippen LogP contribution in [0.1, 0.15) is 0 Å². The summed E-state index contributed by atoms with van der Waals surface area (Å²) in [5.41, 5.74) is 8.31. The first-order chi connectivity index (χ1) is 28.8. The molecule has 2 heterocycles. The monoisotopic (exact) mass is 789 g/mol. The number of anilines is 3. The molecule has 1 spiro atoms. The van der Waals surface area contributed by atoms with Crippen LogP contribution >= 0.6 is 11.8 Å². The van der Waals surface area contributed by atoms with E-state index in [9.17, 15) is 0 Å². The second kappa shape index (κ2) is 14.5. The van der Waals surface area contributed by atoms with Crippen molar-refractivity contribution >= 4 is 82.0 Å². The van der Waals surface area contributed by atoms with Gasteiger partial charge >= 0.3 is 0 Å². The summed E-state index contributed by atoms with van der Waals surface area (Å²) in [5.74, 6) is 0. The number of benzene rings is 9. The van der Waals surface area contributed by atoms with Gasteiger partial charge in [0, 0.05) is 26.9 Å². The van der Waals surface area contributed by atoms with Crippen LogP contribution in [0.5, 0.6) is 0 Å². The molecule has 0 fully saturated rings. The number of hydrogen-bond acceptors (Lipinski definition) is 2. The van der Waals surface area contributed by atoms with E-state index < -0.39 is 16.9 Å². The minimum atomic E-state index is -2.75. The molecule has 0 saturated carbocycles. The van der Waals surface area contributed by atoms with Crippen molar-refractivity contribution in [3.05, 3.63) is 231 Å². The van der Waals surface area contributed by atoms with Crippen molar-refractivity contribution < 1.29 is 0 Å². The molecule has 0 bridgehead atoms. The maximum absolute atomic E-state index is 2.75. The highest BCUT2D eigenvalue weighted by Crippen LogP contribution is 2.41. The summed E-state index contributed by atoms with van der Waals surface area (Å²) in [4.78, 5) is 5.25. The van der Waals surface area contributed by atoms with Gasteiger partial charge in [0.2, 0.25) is 0 Å². The van der Waals surface area contributed by atoms with Gasteiger partial charge in [0.05, 0.1) is 0 Å². The van der Waals surface area contributed by atoms with Gasteiger partial charge < -0.3 is 4.90 Å². The molecule has 2 aliphatic heterocycles. The minimum absolute atomic E-state index is 1.13. The van der Waals surface area contributed by atoms with Gasteiger partial charge in [-0.15, -0.1) is 0 Å². The highest BCUT2D eigenvalue weighted by molar-refractivity contribution is 8.00. The first-order valence-corrected chi connectivity index (χ1v) is 24.6. The number of fused-ring (bicyclic) bond motifs is 8. The smallest absolute Gasteiger partial charge is 0.181 e. The Morgan fingerprint density at radius 1 is 0.345 bits per heavy atom. The Labute approximate surface area is 347 Å². The van der Waals surface area contributed by atoms with E-state index in [4.69, 9.17) is 0 Å². The Hall–Kier alpha value is -6.44. The quantitative estimate of drug-likeness (QED) is 0.155. The van der Waals surface area contributed by atoms with Crippen LogP contribution in [-0.4, -0.2) is 16.9 Å². The predicted molar refractivity (Wildman–Crippen MR) is 252 cm³/mol. The van der Waals surface area contributed by atoms with Gasteiger partial charge in [0.15, 0.2) is 8.07 Å². The summed E-state index contributed by atoms with van der Waals surface area (Å²) in [7, 11) is -4.72. The van der Waals surface area contributed by atoms with Crippen molar-refractivity contribution in [1.82, 2.24) is 0 Å². The Balaban J connectivity index is 1.20. The van der Waals surface area contributed by atoms with E-state index in [0.717, 1.165) is 11.4 Å². The van der Waals surface area contributed by atoms with Gasteiger partial charge in [-0.1, -0.05) is 209 Å². The average Bonchev–Trinajstić information content (AvgIpc) is 3.30. The van der Waals surface area contributed by atoms with Crippen LogP contribution in [0.3, 0.4) is 0 Å². The number of nitrogens with zero attached hydrogens (tertiary/aromatic N) is 1. The lowest BCUT2D eigenvalue weighted by atomic mass is 9.93. The van der Waals surface area contributed by atoms with Crippen molar-refractivity contribution in [2.24, 2.45) is 0 Å². The third kappa shape index (κ3) is 5.59. The summed E-state index contributed by atoms with van der Waals surface area (Å²) in [5, 5.41) is 10.6. The van der Waals surface area contributed by atoms with Gasteiger partial charge in [-0.2, -0.15) is 0 Å². The van der Waals surface area contributed by atoms with Crippen LogP contribution < -0.4 is 41.2 Å². The molecule has 274 valence electrons. The molecule has 1 atom stereocenters. The average molecular weight is 790 g/mol. The molecule has 0 radical (unpaired) electrons. The van der Waals surface area contributed by atoms with E-state index in [0.29, 0.717) is 0 Å². The largest absolute Gasteiger partial charge is 0.310 e. The zero-order valence-corrected chi connectivity index (χ0v) is 34.8. The molecule has 0 N–H and O–H groups in total. The third-order valence-electron chi connectivity index (χ3n) is 12.1. The molecule has 11 rings (SSSR count). The molecule has 58 heavy (non-hydrogen) atoms. The van der Waals surface area contributed by atoms with Crippen molar-refractivity contribution in [2.75, 3.05) is 4.90 Å². The Kier molecular flexibility index (Phi) is 8.69. The summed E-state index contributed by atoms with van der Waals surface area (Å²) in [6.45, 7) is 0. The fraction of sp³-hybridized carbons (Fsp3) is 0. The fourth-order valence-corrected chi connectivity index (χ4v) is 22.1. The Morgan fingerprint density at radius 3 is 1.48 bits per heavy atom. The summed E-state index contributed by atoms with van der Waals surface area (Å²) >= 11 is 1.94. The molecule has 2 aliphatic rings. The molecule has 0 saturated heterocycles. The van der Waals surface area contributed by atoms with Crippen LogP contribution in [0.25, 0.3) is 22.3 Å². The van der Waals surface area contributed by atoms with E-state index in [1.54, 1.807) is 10.4 Å². The molecule has 9 aromatic rings. The SMILES string of the molecule is c1ccc(-c2ccc(N(c3ccccc3)c3ccc4c(c3)[SiH](c3ccccc3)c3ccccc3[Si]43c4ccccc4Sc4ccccc43)cc2-c2ccccc2)cc1. The molecular formula is C54H39NSSi2. The highest BCUT2D eigenvalue weighted by atomic mass is 32.2. The zero-order valence-electron chi connectivity index (χ0n) is 31.9. The van der Waals surface area contributed by atoms with Crippen molar-refractivity contribution in [3.63, 3.8) is 0 Å². The van der Waals surface area contributed by atoms with E-state index in [2.05, 4.69) is 235 Å². The van der Waals surface area contributed by atoms with E-state index in [-0.39, 0.29) is 0 Å². The van der Waals surface area contributed by atoms with Crippen LogP contribution in [0.15, 0.2) is 240 Å². The normalized spacial score (nSPS) is 14.4. The lowest BCUT2D eigenvalue weighted by Crippen LogP contribution is -2.87. The second-order valence-corrected chi connectivity index (χ2v) is 22.7. The van der Waals surface area contributed by atoms with E-state index >= 15 is 0 Å².